The Kier molecular flexibility index (Phi) is 5.24. The molecule has 6 nitrogen and oxygen atoms in total. The highest BCUT2D eigenvalue weighted by Crippen LogP contribution is 2.28. The van der Waals surface area contributed by atoms with Crippen LogP contribution in [0.15, 0.2) is 39.2 Å². The van der Waals surface area contributed by atoms with Gasteiger partial charge in [0.1, 0.15) is 0 Å². The third kappa shape index (κ3) is 4.52. The Morgan fingerprint density at radius 3 is 2.78 bits per heavy atom. The summed E-state index contributed by atoms with van der Waals surface area (Å²) >= 11 is 3.07. The molecule has 1 N–H and O–H groups in total. The average Bonchev–Trinajstić information content (AvgIpc) is 3.21. The number of rotatable bonds is 7. The maximum Gasteiger partial charge on any atom is 0.237 e. The molecule has 0 fully saturated rings. The number of hydrogen-bond donors (Lipinski definition) is 1. The fourth-order valence-electron chi connectivity index (χ4n) is 1.80. The van der Waals surface area contributed by atoms with Crippen LogP contribution in [-0.4, -0.2) is 20.3 Å². The Morgan fingerprint density at radius 1 is 1.22 bits per heavy atom. The second-order valence-electron chi connectivity index (χ2n) is 5.20. The second kappa shape index (κ2) is 7.56. The Balaban J connectivity index is 1.50. The standard InChI is InChI=1S/C15H17N5OS2/c1-10(2)13-17-12(21-20-13)9-22-15-19-18-14(23-15)16-8-11-6-4-3-5-7-11/h3-7,10H,8-9H2,1-2H3,(H,16,18). The lowest BCUT2D eigenvalue weighted by atomic mass is 10.2. The van der Waals surface area contributed by atoms with Crippen LogP contribution in [0.4, 0.5) is 5.13 Å². The van der Waals surface area contributed by atoms with Crippen molar-refractivity contribution in [1.82, 2.24) is 20.3 Å². The maximum atomic E-state index is 5.22. The van der Waals surface area contributed by atoms with Crippen molar-refractivity contribution in [3.8, 4) is 0 Å². The van der Waals surface area contributed by atoms with E-state index in [1.165, 1.54) is 16.9 Å². The molecular formula is C15H17N5OS2. The molecular weight excluding hydrogens is 330 g/mol. The molecule has 0 unspecified atom stereocenters. The molecule has 3 aromatic rings. The summed E-state index contributed by atoms with van der Waals surface area (Å²) in [5.74, 6) is 2.23. The van der Waals surface area contributed by atoms with Crippen molar-refractivity contribution in [2.24, 2.45) is 0 Å². The van der Waals surface area contributed by atoms with Gasteiger partial charge in [0.05, 0.1) is 5.75 Å². The number of nitrogens with zero attached hydrogens (tertiary/aromatic N) is 4. The first kappa shape index (κ1) is 15.9. The van der Waals surface area contributed by atoms with Gasteiger partial charge in [-0.1, -0.05) is 72.4 Å². The van der Waals surface area contributed by atoms with Gasteiger partial charge in [-0.05, 0) is 5.56 Å². The van der Waals surface area contributed by atoms with E-state index in [0.717, 1.165) is 21.8 Å². The maximum absolute atomic E-state index is 5.22. The molecule has 2 heterocycles. The van der Waals surface area contributed by atoms with Gasteiger partial charge in [0.25, 0.3) is 0 Å². The second-order valence-corrected chi connectivity index (χ2v) is 7.40. The van der Waals surface area contributed by atoms with Gasteiger partial charge in [0, 0.05) is 12.5 Å². The third-order valence-corrected chi connectivity index (χ3v) is 5.01. The van der Waals surface area contributed by atoms with Gasteiger partial charge in [-0.15, -0.1) is 10.2 Å². The lowest BCUT2D eigenvalue weighted by Crippen LogP contribution is -1.98. The summed E-state index contributed by atoms with van der Waals surface area (Å²) in [7, 11) is 0. The first-order valence-corrected chi connectivity index (χ1v) is 9.07. The van der Waals surface area contributed by atoms with Crippen LogP contribution < -0.4 is 5.32 Å². The van der Waals surface area contributed by atoms with Crippen LogP contribution >= 0.6 is 23.1 Å². The van der Waals surface area contributed by atoms with Crippen LogP contribution in [-0.2, 0) is 12.3 Å². The summed E-state index contributed by atoms with van der Waals surface area (Å²) < 4.78 is 6.10. The van der Waals surface area contributed by atoms with Crippen LogP contribution in [0.3, 0.4) is 0 Å². The van der Waals surface area contributed by atoms with E-state index >= 15 is 0 Å². The molecule has 0 spiro atoms. The first-order valence-electron chi connectivity index (χ1n) is 7.27. The summed E-state index contributed by atoms with van der Waals surface area (Å²) in [5, 5.41) is 16.4. The molecule has 0 aliphatic heterocycles. The van der Waals surface area contributed by atoms with Gasteiger partial charge < -0.3 is 9.84 Å². The van der Waals surface area contributed by atoms with Crippen LogP contribution in [0, 0.1) is 0 Å². The van der Waals surface area contributed by atoms with Crippen LogP contribution in [0.1, 0.15) is 37.0 Å². The quantitative estimate of drug-likeness (QED) is 0.648. The number of thioether (sulfide) groups is 1. The molecule has 0 aliphatic carbocycles. The summed E-state index contributed by atoms with van der Waals surface area (Å²) in [5.41, 5.74) is 1.21. The van der Waals surface area contributed by atoms with Crippen molar-refractivity contribution in [1.29, 1.82) is 0 Å². The van der Waals surface area contributed by atoms with Crippen molar-refractivity contribution in [3.05, 3.63) is 47.6 Å². The van der Waals surface area contributed by atoms with E-state index in [2.05, 4.69) is 37.8 Å². The summed E-state index contributed by atoms with van der Waals surface area (Å²) in [6.45, 7) is 4.82. The molecule has 1 aromatic carbocycles. The van der Waals surface area contributed by atoms with Crippen molar-refractivity contribution in [2.45, 2.75) is 36.4 Å². The third-order valence-electron chi connectivity index (χ3n) is 3.01. The number of benzene rings is 1. The van der Waals surface area contributed by atoms with Crippen molar-refractivity contribution >= 4 is 28.2 Å². The first-order chi connectivity index (χ1) is 11.2. The average molecular weight is 347 g/mol. The normalized spacial score (nSPS) is 11.1. The predicted molar refractivity (Wildman–Crippen MR) is 91.6 cm³/mol. The molecule has 0 aliphatic rings. The summed E-state index contributed by atoms with van der Waals surface area (Å²) in [6, 6.07) is 10.2. The fraction of sp³-hybridized carbons (Fsp3) is 0.333. The molecule has 23 heavy (non-hydrogen) atoms. The minimum atomic E-state index is 0.271. The number of aromatic nitrogens is 4. The van der Waals surface area contributed by atoms with Gasteiger partial charge in [-0.3, -0.25) is 0 Å². The summed E-state index contributed by atoms with van der Waals surface area (Å²) in [4.78, 5) is 4.35. The number of nitrogens with one attached hydrogen (secondary N) is 1. The lowest BCUT2D eigenvalue weighted by Gasteiger charge is -2.00. The van der Waals surface area contributed by atoms with E-state index in [0.29, 0.717) is 11.6 Å². The monoisotopic (exact) mass is 347 g/mol. The molecule has 3 rings (SSSR count). The largest absolute Gasteiger partial charge is 0.356 e. The van der Waals surface area contributed by atoms with Crippen molar-refractivity contribution < 1.29 is 4.52 Å². The molecule has 0 radical (unpaired) electrons. The Morgan fingerprint density at radius 2 is 2.04 bits per heavy atom. The van der Waals surface area contributed by atoms with Gasteiger partial charge >= 0.3 is 0 Å². The minimum Gasteiger partial charge on any atom is -0.356 e. The van der Waals surface area contributed by atoms with Crippen molar-refractivity contribution in [3.63, 3.8) is 0 Å². The Hall–Kier alpha value is -1.93. The number of anilines is 1. The van der Waals surface area contributed by atoms with Gasteiger partial charge in [0.15, 0.2) is 10.2 Å². The van der Waals surface area contributed by atoms with Crippen LogP contribution in [0.2, 0.25) is 0 Å². The fourth-order valence-corrected chi connectivity index (χ4v) is 3.38. The van der Waals surface area contributed by atoms with E-state index in [1.807, 2.05) is 32.0 Å². The molecule has 0 saturated carbocycles. The topological polar surface area (TPSA) is 76.7 Å². The molecule has 0 saturated heterocycles. The molecule has 120 valence electrons. The molecule has 8 heteroatoms. The van der Waals surface area contributed by atoms with Gasteiger partial charge in [-0.25, -0.2) is 0 Å². The zero-order valence-corrected chi connectivity index (χ0v) is 14.5. The van der Waals surface area contributed by atoms with E-state index < -0.39 is 0 Å². The highest BCUT2D eigenvalue weighted by molar-refractivity contribution is 8.00. The highest BCUT2D eigenvalue weighted by atomic mass is 32.2. The molecule has 0 amide bonds. The van der Waals surface area contributed by atoms with E-state index in [9.17, 15) is 0 Å². The minimum absolute atomic E-state index is 0.271. The van der Waals surface area contributed by atoms with E-state index in [4.69, 9.17) is 4.52 Å². The Bertz CT molecular complexity index is 741. The van der Waals surface area contributed by atoms with Crippen LogP contribution in [0.5, 0.6) is 0 Å². The van der Waals surface area contributed by atoms with E-state index in [1.54, 1.807) is 11.8 Å². The lowest BCUT2D eigenvalue weighted by molar-refractivity contribution is 0.383. The number of hydrogen-bond acceptors (Lipinski definition) is 8. The molecule has 0 bridgehead atoms. The zero-order valence-electron chi connectivity index (χ0n) is 12.9. The van der Waals surface area contributed by atoms with Gasteiger partial charge in [-0.2, -0.15) is 4.98 Å². The Labute approximate surface area is 142 Å². The predicted octanol–water partition coefficient (Wildman–Crippen LogP) is 3.95. The molecule has 0 atom stereocenters. The summed E-state index contributed by atoms with van der Waals surface area (Å²) in [6.07, 6.45) is 0. The van der Waals surface area contributed by atoms with E-state index in [-0.39, 0.29) is 5.92 Å². The van der Waals surface area contributed by atoms with Crippen molar-refractivity contribution in [2.75, 3.05) is 5.32 Å². The van der Waals surface area contributed by atoms with Gasteiger partial charge in [0.2, 0.25) is 11.0 Å². The SMILES string of the molecule is CC(C)c1noc(CSc2nnc(NCc3ccccc3)s2)n1. The van der Waals surface area contributed by atoms with Crippen LogP contribution in [0.25, 0.3) is 0 Å². The zero-order chi connectivity index (χ0) is 16.1. The highest BCUT2D eigenvalue weighted by Gasteiger charge is 2.11. The smallest absolute Gasteiger partial charge is 0.237 e. The molecule has 2 aromatic heterocycles.